The van der Waals surface area contributed by atoms with Crippen molar-refractivity contribution in [1.82, 2.24) is 4.23 Å². The first kappa shape index (κ1) is 21.5. The fourth-order valence-corrected chi connectivity index (χ4v) is 12.4. The molecule has 0 bridgehead atoms. The Morgan fingerprint density at radius 2 is 1.38 bits per heavy atom. The molecular formula is C27H35NSi. The van der Waals surface area contributed by atoms with Crippen molar-refractivity contribution < 1.29 is 0 Å². The van der Waals surface area contributed by atoms with Gasteiger partial charge in [0.2, 0.25) is 0 Å². The number of nitrogens with zero attached hydrogens (tertiary/aromatic N) is 1. The summed E-state index contributed by atoms with van der Waals surface area (Å²) < 4.78 is 2.69. The maximum absolute atomic E-state index is 6.12. The van der Waals surface area contributed by atoms with Crippen molar-refractivity contribution in [3.05, 3.63) is 71.4 Å². The summed E-state index contributed by atoms with van der Waals surface area (Å²) in [5.74, 6) is 3.07. The molecule has 0 saturated carbocycles. The Bertz CT molecular complexity index is 993. The van der Waals surface area contributed by atoms with E-state index < -0.39 is 8.24 Å². The molecular weight excluding hydrogens is 366 g/mol. The van der Waals surface area contributed by atoms with Crippen LogP contribution in [0.1, 0.15) is 64.2 Å². The molecule has 0 fully saturated rings. The summed E-state index contributed by atoms with van der Waals surface area (Å²) in [5, 5.41) is 1.30. The Kier molecular flexibility index (Phi) is 6.10. The Morgan fingerprint density at radius 1 is 0.828 bits per heavy atom. The molecule has 0 aliphatic rings. The standard InChI is InChI=1S/C27H35NSi/c1-9-24(23-16-14-22(8)15-17-23)26-18-28(27-13-11-10-12-25(26)27)29(19(2)3,20(4)5)21(6)7/h1,10-21,24H,2-8H3/t24-/m1/s1. The highest BCUT2D eigenvalue weighted by molar-refractivity contribution is 6.82. The van der Waals surface area contributed by atoms with Crippen LogP contribution in [0.15, 0.2) is 54.7 Å². The molecule has 0 spiro atoms. The zero-order valence-electron chi connectivity index (χ0n) is 19.0. The molecule has 2 heteroatoms. The number of hydrogen-bond donors (Lipinski definition) is 0. The lowest BCUT2D eigenvalue weighted by molar-refractivity contribution is 0.771. The molecule has 1 atom stereocenters. The lowest BCUT2D eigenvalue weighted by Crippen LogP contribution is -2.51. The zero-order chi connectivity index (χ0) is 21.3. The Balaban J connectivity index is 2.32. The summed E-state index contributed by atoms with van der Waals surface area (Å²) in [6.45, 7) is 16.6. The number of benzene rings is 2. The number of rotatable bonds is 6. The molecule has 0 N–H and O–H groups in total. The normalized spacial score (nSPS) is 13.4. The summed E-state index contributed by atoms with van der Waals surface area (Å²) in [4.78, 5) is 0. The molecule has 2 aromatic carbocycles. The average Bonchev–Trinajstić information content (AvgIpc) is 3.03. The summed E-state index contributed by atoms with van der Waals surface area (Å²) in [7, 11) is -1.87. The number of terminal acetylenes is 1. The highest BCUT2D eigenvalue weighted by Gasteiger charge is 2.46. The highest BCUT2D eigenvalue weighted by atomic mass is 28.3. The lowest BCUT2D eigenvalue weighted by atomic mass is 9.91. The van der Waals surface area contributed by atoms with Gasteiger partial charge in [0.05, 0.1) is 5.92 Å². The largest absolute Gasteiger partial charge is 0.373 e. The molecule has 3 rings (SSSR count). The first-order valence-electron chi connectivity index (χ1n) is 10.9. The Morgan fingerprint density at radius 3 is 1.90 bits per heavy atom. The molecule has 0 saturated heterocycles. The van der Waals surface area contributed by atoms with E-state index in [2.05, 4.69) is 113 Å². The van der Waals surface area contributed by atoms with Crippen LogP contribution in [0.2, 0.25) is 16.6 Å². The van der Waals surface area contributed by atoms with Gasteiger partial charge in [-0.05, 0) is 40.7 Å². The van der Waals surface area contributed by atoms with Crippen molar-refractivity contribution in [2.24, 2.45) is 0 Å². The fourth-order valence-electron chi connectivity index (χ4n) is 5.72. The van der Waals surface area contributed by atoms with Crippen molar-refractivity contribution >= 4 is 19.1 Å². The monoisotopic (exact) mass is 401 g/mol. The van der Waals surface area contributed by atoms with Gasteiger partial charge in [0.15, 0.2) is 8.24 Å². The minimum atomic E-state index is -1.87. The van der Waals surface area contributed by atoms with Gasteiger partial charge in [-0.1, -0.05) is 95.5 Å². The molecule has 0 aliphatic heterocycles. The first-order valence-corrected chi connectivity index (χ1v) is 13.1. The van der Waals surface area contributed by atoms with Gasteiger partial charge in [0.25, 0.3) is 0 Å². The van der Waals surface area contributed by atoms with Gasteiger partial charge in [-0.2, -0.15) is 0 Å². The fraction of sp³-hybridized carbons (Fsp3) is 0.407. The summed E-state index contributed by atoms with van der Waals surface area (Å²) in [6.07, 6.45) is 8.53. The topological polar surface area (TPSA) is 4.93 Å². The van der Waals surface area contributed by atoms with Gasteiger partial charge >= 0.3 is 0 Å². The third-order valence-electron chi connectivity index (χ3n) is 6.82. The quantitative estimate of drug-likeness (QED) is 0.294. The summed E-state index contributed by atoms with van der Waals surface area (Å²) in [6, 6.07) is 17.5. The second-order valence-electron chi connectivity index (χ2n) is 9.33. The van der Waals surface area contributed by atoms with Crippen molar-refractivity contribution in [3.8, 4) is 12.3 Å². The molecule has 29 heavy (non-hydrogen) atoms. The SMILES string of the molecule is C#C[C@H](c1ccc(C)cc1)c1cn([Si](C(C)C)(C(C)C)C(C)C)c2ccccc12. The van der Waals surface area contributed by atoms with Gasteiger partial charge in [0.1, 0.15) is 0 Å². The number of aromatic nitrogens is 1. The highest BCUT2D eigenvalue weighted by Crippen LogP contribution is 2.46. The third-order valence-corrected chi connectivity index (χ3v) is 13.6. The predicted molar refractivity (Wildman–Crippen MR) is 130 cm³/mol. The number of aryl methyl sites for hydroxylation is 1. The van der Waals surface area contributed by atoms with Crippen LogP contribution in [0.4, 0.5) is 0 Å². The summed E-state index contributed by atoms with van der Waals surface area (Å²) in [5.41, 5.74) is 6.98. The number of fused-ring (bicyclic) bond motifs is 1. The van der Waals surface area contributed by atoms with Crippen LogP contribution >= 0.6 is 0 Å². The molecule has 3 aromatic rings. The van der Waals surface area contributed by atoms with Gasteiger partial charge in [0, 0.05) is 17.1 Å². The predicted octanol–water partition coefficient (Wildman–Crippen LogP) is 7.74. The van der Waals surface area contributed by atoms with Gasteiger partial charge in [-0.25, -0.2) is 0 Å². The maximum Gasteiger partial charge on any atom is 0.169 e. The van der Waals surface area contributed by atoms with Crippen LogP contribution in [-0.4, -0.2) is 12.5 Å². The molecule has 0 aliphatic carbocycles. The van der Waals surface area contributed by atoms with E-state index in [9.17, 15) is 0 Å². The van der Waals surface area contributed by atoms with E-state index in [1.807, 2.05) is 0 Å². The van der Waals surface area contributed by atoms with E-state index in [0.717, 1.165) is 0 Å². The Labute approximate surface area is 178 Å². The van der Waals surface area contributed by atoms with Crippen molar-refractivity contribution in [2.75, 3.05) is 0 Å². The zero-order valence-corrected chi connectivity index (χ0v) is 20.0. The van der Waals surface area contributed by atoms with Crippen LogP contribution in [0, 0.1) is 19.3 Å². The van der Waals surface area contributed by atoms with Crippen molar-refractivity contribution in [2.45, 2.75) is 71.0 Å². The van der Waals surface area contributed by atoms with Crippen LogP contribution in [0.5, 0.6) is 0 Å². The van der Waals surface area contributed by atoms with E-state index >= 15 is 0 Å². The molecule has 0 amide bonds. The van der Waals surface area contributed by atoms with Crippen molar-refractivity contribution in [1.29, 1.82) is 0 Å². The lowest BCUT2D eigenvalue weighted by Gasteiger charge is -2.44. The summed E-state index contributed by atoms with van der Waals surface area (Å²) >= 11 is 0. The van der Waals surface area contributed by atoms with E-state index in [4.69, 9.17) is 6.42 Å². The van der Waals surface area contributed by atoms with Crippen LogP contribution in [0.25, 0.3) is 10.9 Å². The third kappa shape index (κ3) is 3.47. The molecule has 1 heterocycles. The van der Waals surface area contributed by atoms with Gasteiger partial charge < -0.3 is 4.23 Å². The van der Waals surface area contributed by atoms with E-state index in [1.54, 1.807) is 0 Å². The van der Waals surface area contributed by atoms with Crippen LogP contribution in [-0.2, 0) is 0 Å². The molecule has 1 nitrogen and oxygen atoms in total. The Hall–Kier alpha value is -2.24. The molecule has 0 unspecified atom stereocenters. The first-order chi connectivity index (χ1) is 13.7. The van der Waals surface area contributed by atoms with Gasteiger partial charge in [-0.15, -0.1) is 6.42 Å². The number of hydrogen-bond acceptors (Lipinski definition) is 0. The van der Waals surface area contributed by atoms with Crippen LogP contribution in [0.3, 0.4) is 0 Å². The minimum absolute atomic E-state index is 0.0278. The van der Waals surface area contributed by atoms with E-state index in [0.29, 0.717) is 16.6 Å². The minimum Gasteiger partial charge on any atom is -0.373 e. The maximum atomic E-state index is 6.12. The van der Waals surface area contributed by atoms with E-state index in [1.165, 1.54) is 27.6 Å². The molecule has 1 aromatic heterocycles. The van der Waals surface area contributed by atoms with E-state index in [-0.39, 0.29) is 5.92 Å². The molecule has 152 valence electrons. The van der Waals surface area contributed by atoms with Gasteiger partial charge in [-0.3, -0.25) is 0 Å². The second kappa shape index (κ2) is 8.25. The van der Waals surface area contributed by atoms with Crippen LogP contribution < -0.4 is 0 Å². The van der Waals surface area contributed by atoms with Crippen molar-refractivity contribution in [3.63, 3.8) is 0 Å². The average molecular weight is 402 g/mol. The number of para-hydroxylation sites is 1. The molecule has 0 radical (unpaired) electrons. The second-order valence-corrected chi connectivity index (χ2v) is 15.1. The smallest absolute Gasteiger partial charge is 0.169 e.